The molecule has 2 fully saturated rings. The minimum atomic E-state index is -0.812. The number of piperidine rings is 2. The summed E-state index contributed by atoms with van der Waals surface area (Å²) in [6.07, 6.45) is 7.84. The fourth-order valence-electron chi connectivity index (χ4n) is 4.58. The van der Waals surface area contributed by atoms with Crippen molar-refractivity contribution in [2.45, 2.75) is 56.3 Å². The number of nitrogens with zero attached hydrogens (tertiary/aromatic N) is 2. The van der Waals surface area contributed by atoms with E-state index in [-0.39, 0.29) is 5.91 Å². The highest BCUT2D eigenvalue weighted by molar-refractivity contribution is 5.94. The average molecular weight is 428 g/mol. The van der Waals surface area contributed by atoms with E-state index in [2.05, 4.69) is 23.4 Å². The van der Waals surface area contributed by atoms with Crippen LogP contribution >= 0.6 is 0 Å². The number of aliphatic hydroxyl groups excluding tert-OH is 1. The minimum absolute atomic E-state index is 0.000238. The Labute approximate surface area is 186 Å². The molecule has 0 bridgehead atoms. The summed E-state index contributed by atoms with van der Waals surface area (Å²) in [5.41, 5.74) is 0.995. The summed E-state index contributed by atoms with van der Waals surface area (Å²) in [4.78, 5) is 16.8. The molecule has 31 heavy (non-hydrogen) atoms. The first kappa shape index (κ1) is 23.5. The van der Waals surface area contributed by atoms with E-state index in [0.717, 1.165) is 44.5 Å². The van der Waals surface area contributed by atoms with Crippen molar-refractivity contribution < 1.29 is 15.0 Å². The summed E-state index contributed by atoms with van der Waals surface area (Å²) in [5.74, 6) is -0.000238. The number of rotatable bonds is 9. The highest BCUT2D eigenvalue weighted by atomic mass is 16.3. The van der Waals surface area contributed by atoms with Gasteiger partial charge in [-0.1, -0.05) is 12.2 Å². The van der Waals surface area contributed by atoms with Crippen LogP contribution in [-0.2, 0) is 0 Å². The number of hydrogen-bond acceptors (Lipinski definition) is 5. The zero-order valence-corrected chi connectivity index (χ0v) is 18.5. The molecule has 6 nitrogen and oxygen atoms in total. The van der Waals surface area contributed by atoms with Gasteiger partial charge in [0.05, 0.1) is 11.7 Å². The second-order valence-corrected chi connectivity index (χ2v) is 8.95. The molecule has 1 unspecified atom stereocenters. The Hall–Kier alpha value is -2.15. The van der Waals surface area contributed by atoms with Crippen LogP contribution in [-0.4, -0.2) is 71.5 Å². The standard InChI is InChI=1S/C25H37N3O3/c1-3-13-25(31,14-4-2)19-26-21-11-16-27(17-12-21)22-9-7-20(8-10-22)24(30)28-15-5-6-23(29)18-28/h3-4,7-10,21,23,26,29,31H,1-2,5-6,11-19H2. The lowest BCUT2D eigenvalue weighted by atomic mass is 9.94. The van der Waals surface area contributed by atoms with Gasteiger partial charge < -0.3 is 25.3 Å². The first-order valence-electron chi connectivity index (χ1n) is 11.4. The van der Waals surface area contributed by atoms with Crippen LogP contribution in [0.5, 0.6) is 0 Å². The molecule has 1 atom stereocenters. The fourth-order valence-corrected chi connectivity index (χ4v) is 4.58. The van der Waals surface area contributed by atoms with Crippen LogP contribution in [0.2, 0.25) is 0 Å². The van der Waals surface area contributed by atoms with Crippen LogP contribution in [0.4, 0.5) is 5.69 Å². The molecular formula is C25H37N3O3. The molecular weight excluding hydrogens is 390 g/mol. The third-order valence-corrected chi connectivity index (χ3v) is 6.43. The van der Waals surface area contributed by atoms with Crippen molar-refractivity contribution in [1.82, 2.24) is 10.2 Å². The number of nitrogens with one attached hydrogen (secondary N) is 1. The van der Waals surface area contributed by atoms with Gasteiger partial charge in [-0.15, -0.1) is 13.2 Å². The molecule has 0 aromatic heterocycles. The SMILES string of the molecule is C=CCC(O)(CC=C)CNC1CCN(c2ccc(C(=O)N3CCCC(O)C3)cc2)CC1. The summed E-state index contributed by atoms with van der Waals surface area (Å²) in [5, 5.41) is 24.0. The Kier molecular flexibility index (Phi) is 8.29. The monoisotopic (exact) mass is 427 g/mol. The maximum atomic E-state index is 12.7. The van der Waals surface area contributed by atoms with Gasteiger partial charge in [0.25, 0.3) is 5.91 Å². The van der Waals surface area contributed by atoms with Crippen LogP contribution in [0.1, 0.15) is 48.9 Å². The molecule has 170 valence electrons. The van der Waals surface area contributed by atoms with Crippen LogP contribution in [0.15, 0.2) is 49.6 Å². The van der Waals surface area contributed by atoms with Gasteiger partial charge in [-0.05, 0) is 62.8 Å². The van der Waals surface area contributed by atoms with Gasteiger partial charge >= 0.3 is 0 Å². The lowest BCUT2D eigenvalue weighted by Crippen LogP contribution is -2.48. The molecule has 1 aromatic rings. The second kappa shape index (κ2) is 10.9. The van der Waals surface area contributed by atoms with Crippen molar-refractivity contribution >= 4 is 11.6 Å². The van der Waals surface area contributed by atoms with E-state index < -0.39 is 11.7 Å². The molecule has 0 saturated carbocycles. The van der Waals surface area contributed by atoms with Gasteiger partial charge in [0.2, 0.25) is 0 Å². The zero-order chi connectivity index (χ0) is 22.3. The molecule has 3 rings (SSSR count). The smallest absolute Gasteiger partial charge is 0.253 e. The molecule has 2 aliphatic heterocycles. The second-order valence-electron chi connectivity index (χ2n) is 8.95. The predicted molar refractivity (Wildman–Crippen MR) is 125 cm³/mol. The van der Waals surface area contributed by atoms with Gasteiger partial charge in [-0.3, -0.25) is 4.79 Å². The Balaban J connectivity index is 1.49. The Morgan fingerprint density at radius 2 is 1.74 bits per heavy atom. The van der Waals surface area contributed by atoms with Crippen LogP contribution in [0, 0.1) is 0 Å². The number of benzene rings is 1. The molecule has 2 saturated heterocycles. The number of likely N-dealkylation sites (tertiary alicyclic amines) is 1. The first-order valence-corrected chi connectivity index (χ1v) is 11.4. The Morgan fingerprint density at radius 1 is 1.10 bits per heavy atom. The summed E-state index contributed by atoms with van der Waals surface area (Å²) < 4.78 is 0. The summed E-state index contributed by atoms with van der Waals surface area (Å²) >= 11 is 0. The molecule has 3 N–H and O–H groups in total. The van der Waals surface area contributed by atoms with E-state index in [0.29, 0.717) is 44.1 Å². The topological polar surface area (TPSA) is 76.0 Å². The van der Waals surface area contributed by atoms with Crippen molar-refractivity contribution in [3.8, 4) is 0 Å². The Bertz CT molecular complexity index is 731. The first-order chi connectivity index (χ1) is 14.9. The lowest BCUT2D eigenvalue weighted by Gasteiger charge is -2.36. The van der Waals surface area contributed by atoms with E-state index in [4.69, 9.17) is 0 Å². The normalized spacial score (nSPS) is 20.5. The molecule has 0 radical (unpaired) electrons. The van der Waals surface area contributed by atoms with Crippen molar-refractivity contribution in [2.24, 2.45) is 0 Å². The third-order valence-electron chi connectivity index (χ3n) is 6.43. The number of carbonyl (C=O) groups excluding carboxylic acids is 1. The quantitative estimate of drug-likeness (QED) is 0.529. The van der Waals surface area contributed by atoms with Gasteiger partial charge in [-0.25, -0.2) is 0 Å². The number of aliphatic hydroxyl groups is 2. The van der Waals surface area contributed by atoms with E-state index in [1.807, 2.05) is 24.3 Å². The summed E-state index contributed by atoms with van der Waals surface area (Å²) in [6.45, 7) is 11.1. The minimum Gasteiger partial charge on any atom is -0.391 e. The van der Waals surface area contributed by atoms with Crippen LogP contribution in [0.3, 0.4) is 0 Å². The van der Waals surface area contributed by atoms with E-state index in [9.17, 15) is 15.0 Å². The predicted octanol–water partition coefficient (Wildman–Crippen LogP) is 2.73. The van der Waals surface area contributed by atoms with Gasteiger partial charge in [0.1, 0.15) is 0 Å². The van der Waals surface area contributed by atoms with E-state index >= 15 is 0 Å². The Morgan fingerprint density at radius 3 is 2.32 bits per heavy atom. The van der Waals surface area contributed by atoms with Gasteiger partial charge in [0.15, 0.2) is 0 Å². The zero-order valence-electron chi connectivity index (χ0n) is 18.5. The molecule has 2 heterocycles. The molecule has 1 amide bonds. The van der Waals surface area contributed by atoms with Crippen LogP contribution in [0.25, 0.3) is 0 Å². The van der Waals surface area contributed by atoms with Crippen molar-refractivity contribution in [1.29, 1.82) is 0 Å². The maximum absolute atomic E-state index is 12.7. The highest BCUT2D eigenvalue weighted by Gasteiger charge is 2.27. The van der Waals surface area contributed by atoms with Gasteiger partial charge in [-0.2, -0.15) is 0 Å². The summed E-state index contributed by atoms with van der Waals surface area (Å²) in [6, 6.07) is 8.22. The number of anilines is 1. The number of hydrogen-bond donors (Lipinski definition) is 3. The molecule has 0 aliphatic carbocycles. The van der Waals surface area contributed by atoms with E-state index in [1.54, 1.807) is 17.1 Å². The number of β-amino-alcohol motifs (C(OH)–C–C–N with tert-alkyl or cyclic N) is 1. The fraction of sp³-hybridized carbons (Fsp3) is 0.560. The van der Waals surface area contributed by atoms with Crippen molar-refractivity contribution in [2.75, 3.05) is 37.6 Å². The van der Waals surface area contributed by atoms with Crippen LogP contribution < -0.4 is 10.2 Å². The summed E-state index contributed by atoms with van der Waals surface area (Å²) in [7, 11) is 0. The molecule has 2 aliphatic rings. The highest BCUT2D eigenvalue weighted by Crippen LogP contribution is 2.23. The van der Waals surface area contributed by atoms with Crippen molar-refractivity contribution in [3.63, 3.8) is 0 Å². The molecule has 1 aromatic carbocycles. The van der Waals surface area contributed by atoms with Gasteiger partial charge in [0, 0.05) is 50.0 Å². The largest absolute Gasteiger partial charge is 0.391 e. The van der Waals surface area contributed by atoms with E-state index in [1.165, 1.54) is 0 Å². The molecule has 6 heteroatoms. The maximum Gasteiger partial charge on any atom is 0.253 e. The average Bonchev–Trinajstić information content (AvgIpc) is 2.78. The molecule has 0 spiro atoms. The third kappa shape index (κ3) is 6.42. The van der Waals surface area contributed by atoms with Crippen molar-refractivity contribution in [3.05, 3.63) is 55.1 Å². The number of amides is 1. The number of carbonyl (C=O) groups is 1. The lowest BCUT2D eigenvalue weighted by molar-refractivity contribution is 0.0425.